The monoisotopic (exact) mass is 176 g/mol. The fourth-order valence-corrected chi connectivity index (χ4v) is 1.30. The van der Waals surface area contributed by atoms with Crippen LogP contribution in [0.2, 0.25) is 0 Å². The van der Waals surface area contributed by atoms with E-state index in [1.54, 1.807) is 6.33 Å². The van der Waals surface area contributed by atoms with E-state index in [1.807, 2.05) is 12.1 Å². The molecule has 0 amide bonds. The summed E-state index contributed by atoms with van der Waals surface area (Å²) in [5.74, 6) is 0.965. The number of hydrogen-bond donors (Lipinski definition) is 1. The van der Waals surface area contributed by atoms with Crippen molar-refractivity contribution >= 4 is 0 Å². The van der Waals surface area contributed by atoms with Gasteiger partial charge in [-0.25, -0.2) is 4.98 Å². The number of hydrogen-bond acceptors (Lipinski definition) is 2. The van der Waals surface area contributed by atoms with E-state index in [-0.39, 0.29) is 0 Å². The molecule has 4 heteroatoms. The fourth-order valence-electron chi connectivity index (χ4n) is 1.30. The first-order valence-electron chi connectivity index (χ1n) is 4.40. The number of nitrogens with one attached hydrogen (secondary N) is 1. The van der Waals surface area contributed by atoms with Crippen molar-refractivity contribution < 1.29 is 0 Å². The highest BCUT2D eigenvalue weighted by atomic mass is 15.2. The summed E-state index contributed by atoms with van der Waals surface area (Å²) in [5.41, 5.74) is 0. The lowest BCUT2D eigenvalue weighted by Gasteiger charge is -1.99. The molecule has 1 N–H and O–H groups in total. The van der Waals surface area contributed by atoms with Crippen molar-refractivity contribution in [2.75, 3.05) is 0 Å². The van der Waals surface area contributed by atoms with Crippen LogP contribution in [0.4, 0.5) is 0 Å². The number of aromatic amines is 1. The summed E-state index contributed by atoms with van der Waals surface area (Å²) in [6, 6.07) is 4.07. The molecule has 0 aliphatic carbocycles. The molecule has 4 nitrogen and oxygen atoms in total. The molecule has 2 heterocycles. The van der Waals surface area contributed by atoms with Crippen LogP contribution < -0.4 is 0 Å². The zero-order chi connectivity index (χ0) is 8.93. The van der Waals surface area contributed by atoms with Gasteiger partial charge in [0.15, 0.2) is 0 Å². The van der Waals surface area contributed by atoms with Gasteiger partial charge in [0, 0.05) is 25.4 Å². The van der Waals surface area contributed by atoms with Crippen molar-refractivity contribution in [3.05, 3.63) is 36.7 Å². The molecule has 0 aliphatic heterocycles. The van der Waals surface area contributed by atoms with Gasteiger partial charge in [-0.3, -0.25) is 5.10 Å². The normalized spacial score (nSPS) is 10.5. The van der Waals surface area contributed by atoms with Crippen LogP contribution in [0.25, 0.3) is 0 Å². The van der Waals surface area contributed by atoms with Crippen molar-refractivity contribution in [1.82, 2.24) is 19.7 Å². The van der Waals surface area contributed by atoms with Crippen LogP contribution in [0.1, 0.15) is 12.2 Å². The Labute approximate surface area is 76.6 Å². The van der Waals surface area contributed by atoms with Gasteiger partial charge < -0.3 is 4.57 Å². The summed E-state index contributed by atoms with van der Waals surface area (Å²) < 4.78 is 2.16. The van der Waals surface area contributed by atoms with Gasteiger partial charge in [0.2, 0.25) is 0 Å². The van der Waals surface area contributed by atoms with Crippen molar-refractivity contribution in [2.24, 2.45) is 0 Å². The van der Waals surface area contributed by atoms with Gasteiger partial charge in [0.25, 0.3) is 0 Å². The quantitative estimate of drug-likeness (QED) is 0.761. The van der Waals surface area contributed by atoms with E-state index in [0.717, 1.165) is 25.2 Å². The first-order valence-corrected chi connectivity index (χ1v) is 4.40. The number of nitrogens with zero attached hydrogens (tertiary/aromatic N) is 3. The summed E-state index contributed by atoms with van der Waals surface area (Å²) in [6.45, 7) is 1.04. The highest BCUT2D eigenvalue weighted by molar-refractivity contribution is 4.90. The van der Waals surface area contributed by atoms with E-state index in [9.17, 15) is 0 Å². The molecule has 2 rings (SSSR count). The average molecular weight is 176 g/mol. The molecule has 2 aromatic rings. The standard InChI is InChI=1S/C9H12N4/c1-2-6-13(5-1)7-3-4-9-10-8-11-12-9/h1-2,5-6,8H,3-4,7H2,(H,10,11,12). The zero-order valence-corrected chi connectivity index (χ0v) is 7.35. The van der Waals surface area contributed by atoms with Crippen LogP contribution in [0.15, 0.2) is 30.9 Å². The molecule has 2 aromatic heterocycles. The molecule has 68 valence electrons. The molecule has 0 fully saturated rings. The maximum absolute atomic E-state index is 4.06. The Hall–Kier alpha value is -1.58. The first-order chi connectivity index (χ1) is 6.45. The van der Waals surface area contributed by atoms with Crippen molar-refractivity contribution in [2.45, 2.75) is 19.4 Å². The minimum Gasteiger partial charge on any atom is -0.354 e. The topological polar surface area (TPSA) is 46.5 Å². The van der Waals surface area contributed by atoms with Gasteiger partial charge >= 0.3 is 0 Å². The highest BCUT2D eigenvalue weighted by Crippen LogP contribution is 1.97. The number of H-pyrrole nitrogens is 1. The zero-order valence-electron chi connectivity index (χ0n) is 7.35. The van der Waals surface area contributed by atoms with Crippen LogP contribution in [-0.4, -0.2) is 19.7 Å². The third-order valence-corrected chi connectivity index (χ3v) is 1.96. The van der Waals surface area contributed by atoms with E-state index in [4.69, 9.17) is 0 Å². The van der Waals surface area contributed by atoms with Gasteiger partial charge in [-0.1, -0.05) is 0 Å². The summed E-state index contributed by atoms with van der Waals surface area (Å²) in [5, 5.41) is 6.64. The number of aryl methyl sites for hydroxylation is 2. The second kappa shape index (κ2) is 3.89. The molecule has 0 aliphatic rings. The number of aromatic nitrogens is 4. The Morgan fingerprint density at radius 2 is 2.15 bits per heavy atom. The predicted molar refractivity (Wildman–Crippen MR) is 49.1 cm³/mol. The maximum atomic E-state index is 4.06. The molecule has 0 aromatic carbocycles. The second-order valence-electron chi connectivity index (χ2n) is 2.96. The molecule has 0 spiro atoms. The lowest BCUT2D eigenvalue weighted by molar-refractivity contribution is 0.633. The number of rotatable bonds is 4. The average Bonchev–Trinajstić information content (AvgIpc) is 2.75. The van der Waals surface area contributed by atoms with Gasteiger partial charge in [0.1, 0.15) is 12.2 Å². The van der Waals surface area contributed by atoms with Crippen molar-refractivity contribution in [1.29, 1.82) is 0 Å². The Balaban J connectivity index is 1.76. The second-order valence-corrected chi connectivity index (χ2v) is 2.96. The largest absolute Gasteiger partial charge is 0.354 e. The fraction of sp³-hybridized carbons (Fsp3) is 0.333. The van der Waals surface area contributed by atoms with Crippen LogP contribution in [0.5, 0.6) is 0 Å². The van der Waals surface area contributed by atoms with E-state index in [1.165, 1.54) is 0 Å². The smallest absolute Gasteiger partial charge is 0.137 e. The lowest BCUT2D eigenvalue weighted by atomic mass is 10.3. The molecule has 13 heavy (non-hydrogen) atoms. The minimum atomic E-state index is 0.957. The summed E-state index contributed by atoms with van der Waals surface area (Å²) in [4.78, 5) is 4.06. The first kappa shape index (κ1) is 8.04. The molecule has 0 bridgehead atoms. The molecule has 0 saturated heterocycles. The summed E-state index contributed by atoms with van der Waals surface area (Å²) >= 11 is 0. The third kappa shape index (κ3) is 2.18. The van der Waals surface area contributed by atoms with E-state index in [2.05, 4.69) is 32.1 Å². The molecule has 0 unspecified atom stereocenters. The molecular formula is C9H12N4. The van der Waals surface area contributed by atoms with Gasteiger partial charge in [-0.15, -0.1) is 0 Å². The van der Waals surface area contributed by atoms with E-state index < -0.39 is 0 Å². The summed E-state index contributed by atoms with van der Waals surface area (Å²) in [7, 11) is 0. The van der Waals surface area contributed by atoms with Gasteiger partial charge in [0.05, 0.1) is 0 Å². The SMILES string of the molecule is c1ccn(CCCc2ncn[nH]2)c1. The summed E-state index contributed by atoms with van der Waals surface area (Å²) in [6.07, 6.45) is 7.73. The van der Waals surface area contributed by atoms with Crippen molar-refractivity contribution in [3.8, 4) is 0 Å². The van der Waals surface area contributed by atoms with Crippen molar-refractivity contribution in [3.63, 3.8) is 0 Å². The lowest BCUT2D eigenvalue weighted by Crippen LogP contribution is -1.97. The van der Waals surface area contributed by atoms with Crippen LogP contribution in [0.3, 0.4) is 0 Å². The minimum absolute atomic E-state index is 0.957. The molecule has 0 atom stereocenters. The molecule has 0 saturated carbocycles. The molecule has 0 radical (unpaired) electrons. The molecular weight excluding hydrogens is 164 g/mol. The Morgan fingerprint density at radius 1 is 1.31 bits per heavy atom. The Bertz CT molecular complexity index is 288. The van der Waals surface area contributed by atoms with Crippen LogP contribution in [-0.2, 0) is 13.0 Å². The van der Waals surface area contributed by atoms with E-state index in [0.29, 0.717) is 0 Å². The highest BCUT2D eigenvalue weighted by Gasteiger charge is 1.95. The van der Waals surface area contributed by atoms with Gasteiger partial charge in [-0.2, -0.15) is 5.10 Å². The van der Waals surface area contributed by atoms with Gasteiger partial charge in [-0.05, 0) is 18.6 Å². The third-order valence-electron chi connectivity index (χ3n) is 1.96. The Morgan fingerprint density at radius 3 is 2.85 bits per heavy atom. The Kier molecular flexibility index (Phi) is 2.40. The predicted octanol–water partition coefficient (Wildman–Crippen LogP) is 1.24. The van der Waals surface area contributed by atoms with Crippen LogP contribution >= 0.6 is 0 Å². The van der Waals surface area contributed by atoms with E-state index >= 15 is 0 Å². The maximum Gasteiger partial charge on any atom is 0.137 e. The van der Waals surface area contributed by atoms with Crippen LogP contribution in [0, 0.1) is 0 Å².